The van der Waals surface area contributed by atoms with Gasteiger partial charge in [-0.3, -0.25) is 0 Å². The summed E-state index contributed by atoms with van der Waals surface area (Å²) < 4.78 is 250. The van der Waals surface area contributed by atoms with Crippen LogP contribution in [0.5, 0.6) is 0 Å². The van der Waals surface area contributed by atoms with Crippen molar-refractivity contribution in [3.8, 4) is 49.4 Å². The quantitative estimate of drug-likeness (QED) is 0.119. The minimum atomic E-state index is -6.85. The van der Waals surface area contributed by atoms with Gasteiger partial charge in [0.25, 0.3) is 0 Å². The molecule has 0 bridgehead atoms. The van der Waals surface area contributed by atoms with Crippen molar-refractivity contribution in [3.63, 3.8) is 0 Å². The number of hydrogen-bond acceptors (Lipinski definition) is 0. The highest BCUT2D eigenvalue weighted by Gasteiger charge is 2.51. The predicted octanol–water partition coefficient (Wildman–Crippen LogP) is 5.21. The number of rotatable bonds is 4. The minimum Gasteiger partial charge on any atom is -0.207 e. The fourth-order valence-electron chi connectivity index (χ4n) is 5.49. The monoisotopic (exact) mass is 703 g/mol. The van der Waals surface area contributed by atoms with Crippen LogP contribution in [0.1, 0.15) is 22.3 Å². The molecule has 0 aliphatic rings. The van der Waals surface area contributed by atoms with Crippen LogP contribution in [0.2, 0.25) is 0 Å². The highest BCUT2D eigenvalue weighted by Crippen LogP contribution is 2.31. The molecule has 0 unspecified atom stereocenters. The molecular weight excluding hydrogens is 699 g/mol. The number of hydrogen-bond donors (Lipinski definition) is 0. The number of benzene rings is 4. The number of terminal acetylenes is 4. The molecule has 0 radical (unpaired) electrons. The Morgan fingerprint density at radius 3 is 0.469 bits per heavy atom. The maximum atomic E-state index is 16.0. The summed E-state index contributed by atoms with van der Waals surface area (Å²) in [6, 6.07) is 0. The van der Waals surface area contributed by atoms with Crippen molar-refractivity contribution in [2.24, 2.45) is 0 Å². The molecule has 0 aliphatic carbocycles. The van der Waals surface area contributed by atoms with E-state index in [4.69, 9.17) is 25.7 Å². The van der Waals surface area contributed by atoms with Crippen LogP contribution >= 0.6 is 0 Å². The van der Waals surface area contributed by atoms with Crippen LogP contribution in [0.25, 0.3) is 0 Å². The van der Waals surface area contributed by atoms with Crippen molar-refractivity contribution in [3.05, 3.63) is 115 Å². The van der Waals surface area contributed by atoms with Gasteiger partial charge in [-0.05, 0) is 0 Å². The molecule has 0 aromatic heterocycles. The third kappa shape index (κ3) is 4.53. The van der Waals surface area contributed by atoms with E-state index in [1.54, 1.807) is 0 Å². The van der Waals surface area contributed by atoms with Gasteiger partial charge in [0, 0.05) is 0 Å². The van der Waals surface area contributed by atoms with E-state index in [-0.39, 0.29) is 0 Å². The third-order valence-electron chi connectivity index (χ3n) is 7.50. The summed E-state index contributed by atoms with van der Waals surface area (Å²) in [6.07, 6.45) is 12.2. The summed E-state index contributed by atoms with van der Waals surface area (Å²) in [4.78, 5) is 0. The zero-order valence-corrected chi connectivity index (χ0v) is 22.9. The summed E-state index contributed by atoms with van der Waals surface area (Å²) in [5.74, 6) is -45.8. The Labute approximate surface area is 263 Å². The van der Waals surface area contributed by atoms with Gasteiger partial charge < -0.3 is 0 Å². The molecule has 0 aliphatic heterocycles. The molecule has 0 nitrogen and oxygen atoms in total. The normalized spacial score (nSPS) is 11.2. The lowest BCUT2D eigenvalue weighted by molar-refractivity contribution is 0.449. The Hall–Kier alpha value is -5.94. The molecule has 248 valence electrons. The molecular formula is C32H4BF16-. The molecule has 49 heavy (non-hydrogen) atoms. The van der Waals surface area contributed by atoms with Gasteiger partial charge >= 0.3 is 0 Å². The summed E-state index contributed by atoms with van der Waals surface area (Å²) in [7, 11) is 0. The Bertz CT molecular complexity index is 1900. The molecule has 0 amide bonds. The van der Waals surface area contributed by atoms with Gasteiger partial charge in [-0.15, -0.1) is 47.5 Å². The van der Waals surface area contributed by atoms with Gasteiger partial charge in [-0.2, -0.15) is 0 Å². The molecule has 4 aromatic carbocycles. The molecule has 0 N–H and O–H groups in total. The maximum absolute atomic E-state index is 16.0. The van der Waals surface area contributed by atoms with Crippen LogP contribution in [0, 0.1) is 142 Å². The van der Waals surface area contributed by atoms with Crippen molar-refractivity contribution in [1.82, 2.24) is 0 Å². The maximum Gasteiger partial charge on any atom is 0.174 e. The van der Waals surface area contributed by atoms with Crippen molar-refractivity contribution in [2.45, 2.75) is 0 Å². The third-order valence-corrected chi connectivity index (χ3v) is 7.50. The molecule has 17 heteroatoms. The lowest BCUT2D eigenvalue weighted by atomic mass is 9.12. The van der Waals surface area contributed by atoms with Gasteiger partial charge in [-0.25, -0.2) is 70.2 Å². The second kappa shape index (κ2) is 12.3. The van der Waals surface area contributed by atoms with E-state index >= 15 is 70.2 Å². The first-order valence-electron chi connectivity index (χ1n) is 12.3. The fraction of sp³-hybridized carbons (Fsp3) is 0. The molecule has 0 saturated carbocycles. The highest BCUT2D eigenvalue weighted by molar-refractivity contribution is 7.20. The minimum absolute atomic E-state index is 1.02. The van der Waals surface area contributed by atoms with Gasteiger partial charge in [0.05, 0.1) is 0 Å². The average molecular weight is 703 g/mol. The second-order valence-corrected chi connectivity index (χ2v) is 9.62. The van der Waals surface area contributed by atoms with E-state index in [9.17, 15) is 0 Å². The van der Waals surface area contributed by atoms with Gasteiger partial charge in [0.1, 0.15) is 74.9 Å². The van der Waals surface area contributed by atoms with Crippen LogP contribution in [-0.2, 0) is 0 Å². The smallest absolute Gasteiger partial charge is 0.174 e. The standard InChI is InChI=1S/C32H4BF16/c1-5-9-17(34)25(42)13(26(43)18(9)35)33(14-27(44)19(36)10(6-2)20(37)28(14)45,15-29(46)21(38)11(7-3)22(39)30(15)47)16-31(48)23(40)12(8-4)24(41)32(16)49/h1-4H/q-1. The van der Waals surface area contributed by atoms with Crippen LogP contribution in [0.15, 0.2) is 0 Å². The van der Waals surface area contributed by atoms with Gasteiger partial charge in [0.2, 0.25) is 0 Å². The second-order valence-electron chi connectivity index (χ2n) is 9.62. The Morgan fingerprint density at radius 1 is 0.245 bits per heavy atom. The van der Waals surface area contributed by atoms with E-state index < -0.39 is 143 Å². The van der Waals surface area contributed by atoms with E-state index in [0.717, 1.165) is 23.7 Å². The van der Waals surface area contributed by atoms with Crippen LogP contribution in [-0.4, -0.2) is 6.15 Å². The summed E-state index contributed by atoms with van der Waals surface area (Å²) >= 11 is 0. The largest absolute Gasteiger partial charge is 0.207 e. The first-order valence-corrected chi connectivity index (χ1v) is 12.3. The molecule has 0 saturated heterocycles. The summed E-state index contributed by atoms with van der Waals surface area (Å²) in [5.41, 5.74) is -21.3. The van der Waals surface area contributed by atoms with Crippen molar-refractivity contribution in [2.75, 3.05) is 0 Å². The van der Waals surface area contributed by atoms with Crippen molar-refractivity contribution in [1.29, 1.82) is 0 Å². The molecule has 0 heterocycles. The van der Waals surface area contributed by atoms with Crippen LogP contribution in [0.4, 0.5) is 70.2 Å². The Kier molecular flexibility index (Phi) is 8.99. The zero-order chi connectivity index (χ0) is 37.2. The molecule has 0 fully saturated rings. The van der Waals surface area contributed by atoms with E-state index in [1.165, 1.54) is 0 Å². The van der Waals surface area contributed by atoms with Gasteiger partial charge in [0.15, 0.2) is 46.5 Å². The zero-order valence-electron chi connectivity index (χ0n) is 22.9. The molecule has 4 aromatic rings. The first kappa shape index (κ1) is 35.9. The SMILES string of the molecule is C#Cc1c(F)c(F)c([B-](c2c(F)c(F)c(C#C)c(F)c2F)(c2c(F)c(F)c(C#C)c(F)c2F)c2c(F)c(F)c(C#C)c(F)c2F)c(F)c1F. The first-order chi connectivity index (χ1) is 22.9. The van der Waals surface area contributed by atoms with Gasteiger partial charge in [-0.1, -0.05) is 23.7 Å². The topological polar surface area (TPSA) is 0 Å². The van der Waals surface area contributed by atoms with E-state index in [0.29, 0.717) is 0 Å². The van der Waals surface area contributed by atoms with E-state index in [1.807, 2.05) is 0 Å². The van der Waals surface area contributed by atoms with E-state index in [2.05, 4.69) is 0 Å². The van der Waals surface area contributed by atoms with Crippen molar-refractivity contribution < 1.29 is 70.2 Å². The summed E-state index contributed by atoms with van der Waals surface area (Å²) in [6.45, 7) is 0. The average Bonchev–Trinajstić information content (AvgIpc) is 3.06. The highest BCUT2D eigenvalue weighted by atomic mass is 19.2. The molecule has 0 atom stereocenters. The predicted molar refractivity (Wildman–Crippen MR) is 141 cm³/mol. The number of halogens is 16. The molecule has 4 rings (SSSR count). The molecule has 0 spiro atoms. The Balaban J connectivity index is 2.74. The van der Waals surface area contributed by atoms with Crippen LogP contribution in [0.3, 0.4) is 0 Å². The Morgan fingerprint density at radius 2 is 0.367 bits per heavy atom. The summed E-state index contributed by atoms with van der Waals surface area (Å²) in [5, 5.41) is 0. The van der Waals surface area contributed by atoms with Crippen LogP contribution < -0.4 is 21.9 Å². The lowest BCUT2D eigenvalue weighted by Crippen LogP contribution is -2.81. The lowest BCUT2D eigenvalue weighted by Gasteiger charge is -2.45. The fourth-order valence-corrected chi connectivity index (χ4v) is 5.49. The van der Waals surface area contributed by atoms with Crippen molar-refractivity contribution >= 4 is 28.0 Å².